The molecule has 0 radical (unpaired) electrons. The maximum absolute atomic E-state index is 14.0. The van der Waals surface area contributed by atoms with Gasteiger partial charge in [0.05, 0.1) is 39.0 Å². The van der Waals surface area contributed by atoms with Gasteiger partial charge in [0.15, 0.2) is 4.80 Å². The van der Waals surface area contributed by atoms with Gasteiger partial charge in [0.2, 0.25) is 0 Å². The van der Waals surface area contributed by atoms with E-state index >= 15 is 0 Å². The van der Waals surface area contributed by atoms with Gasteiger partial charge in [0.1, 0.15) is 11.5 Å². The highest BCUT2D eigenvalue weighted by Gasteiger charge is 2.32. The number of rotatable bonds is 8. The van der Waals surface area contributed by atoms with Gasteiger partial charge in [-0.05, 0) is 97.2 Å². The second-order valence-corrected chi connectivity index (χ2v) is 11.6. The number of benzene rings is 3. The Hall–Kier alpha value is -3.95. The second-order valence-electron chi connectivity index (χ2n) is 9.76. The Labute approximate surface area is 250 Å². The predicted molar refractivity (Wildman–Crippen MR) is 166 cm³/mol. The van der Waals surface area contributed by atoms with Crippen molar-refractivity contribution in [3.63, 3.8) is 0 Å². The Morgan fingerprint density at radius 2 is 1.85 bits per heavy atom. The average molecular weight is 633 g/mol. The molecule has 0 saturated carbocycles. The monoisotopic (exact) mass is 631 g/mol. The van der Waals surface area contributed by atoms with Gasteiger partial charge in [-0.2, -0.15) is 0 Å². The van der Waals surface area contributed by atoms with E-state index in [1.165, 1.54) is 11.3 Å². The van der Waals surface area contributed by atoms with E-state index in [2.05, 4.69) is 21.2 Å². The first-order chi connectivity index (χ1) is 19.7. The van der Waals surface area contributed by atoms with E-state index in [0.717, 1.165) is 27.1 Å². The lowest BCUT2D eigenvalue weighted by molar-refractivity contribution is -0.113. The van der Waals surface area contributed by atoms with Gasteiger partial charge in [0, 0.05) is 5.69 Å². The summed E-state index contributed by atoms with van der Waals surface area (Å²) in [7, 11) is 0. The summed E-state index contributed by atoms with van der Waals surface area (Å²) < 4.78 is 14.4. The van der Waals surface area contributed by atoms with E-state index in [9.17, 15) is 9.59 Å². The van der Waals surface area contributed by atoms with Gasteiger partial charge < -0.3 is 14.8 Å². The summed E-state index contributed by atoms with van der Waals surface area (Å²) in [6.45, 7) is 8.21. The van der Waals surface area contributed by atoms with E-state index in [-0.39, 0.29) is 17.6 Å². The van der Waals surface area contributed by atoms with Crippen LogP contribution in [0.15, 0.2) is 98.3 Å². The molecule has 2 heterocycles. The fourth-order valence-electron chi connectivity index (χ4n) is 4.67. The minimum atomic E-state index is -0.665. The van der Waals surface area contributed by atoms with E-state index in [4.69, 9.17) is 14.5 Å². The lowest BCUT2D eigenvalue weighted by Crippen LogP contribution is -2.40. The number of amides is 1. The van der Waals surface area contributed by atoms with E-state index in [1.54, 1.807) is 4.57 Å². The minimum Gasteiger partial charge on any atom is -0.494 e. The van der Waals surface area contributed by atoms with E-state index in [0.29, 0.717) is 32.9 Å². The molecule has 1 aliphatic rings. The van der Waals surface area contributed by atoms with Gasteiger partial charge in [-0.25, -0.2) is 4.99 Å². The van der Waals surface area contributed by atoms with Crippen LogP contribution in [0.25, 0.3) is 6.08 Å². The summed E-state index contributed by atoms with van der Waals surface area (Å²) in [5.41, 5.74) is 3.04. The molecule has 0 spiro atoms. The number of aromatic nitrogens is 1. The smallest absolute Gasteiger partial charge is 0.271 e. The first-order valence-electron chi connectivity index (χ1n) is 13.3. The largest absolute Gasteiger partial charge is 0.494 e. The molecule has 5 rings (SSSR count). The third kappa shape index (κ3) is 6.21. The Kier molecular flexibility index (Phi) is 8.56. The van der Waals surface area contributed by atoms with Crippen molar-refractivity contribution < 1.29 is 14.3 Å². The number of nitrogens with one attached hydrogen (secondary N) is 1. The first-order valence-corrected chi connectivity index (χ1v) is 14.9. The molecule has 3 aromatic carbocycles. The van der Waals surface area contributed by atoms with Crippen LogP contribution in [0, 0.1) is 0 Å². The number of hydrogen-bond acceptors (Lipinski definition) is 6. The van der Waals surface area contributed by atoms with Crippen molar-refractivity contribution in [2.24, 2.45) is 4.99 Å². The van der Waals surface area contributed by atoms with Gasteiger partial charge in [-0.3, -0.25) is 14.2 Å². The standard InChI is InChI=1S/C32H30BrN3O4S/c1-5-39-24-14-12-22(13-15-24)29-28(30(37)35-23-9-7-6-8-10-23)20(4)34-32-36(29)31(38)27(41-32)18-21-11-16-26(25(33)17-21)40-19(2)3/h6-19,29H,5H2,1-4H3,(H,35,37)/b27-18-/t29-/m0/s1. The summed E-state index contributed by atoms with van der Waals surface area (Å²) in [6.07, 6.45) is 1.88. The third-order valence-electron chi connectivity index (χ3n) is 6.42. The molecule has 210 valence electrons. The van der Waals surface area contributed by atoms with Gasteiger partial charge in [-0.1, -0.05) is 47.7 Å². The van der Waals surface area contributed by atoms with Crippen molar-refractivity contribution in [1.82, 2.24) is 4.57 Å². The fraction of sp³-hybridized carbons (Fsp3) is 0.219. The van der Waals surface area contributed by atoms with Crippen LogP contribution in [0.4, 0.5) is 5.69 Å². The number of fused-ring (bicyclic) bond motifs is 1. The molecule has 9 heteroatoms. The third-order valence-corrected chi connectivity index (χ3v) is 8.02. The van der Waals surface area contributed by atoms with Crippen LogP contribution < -0.4 is 29.7 Å². The summed E-state index contributed by atoms with van der Waals surface area (Å²) in [4.78, 5) is 32.9. The van der Waals surface area contributed by atoms with Gasteiger partial charge >= 0.3 is 0 Å². The molecule has 1 amide bonds. The maximum Gasteiger partial charge on any atom is 0.271 e. The molecular formula is C32H30BrN3O4S. The average Bonchev–Trinajstić information content (AvgIpc) is 3.24. The number of carbonyl (C=O) groups is 1. The molecule has 0 fully saturated rings. The molecule has 41 heavy (non-hydrogen) atoms. The number of halogens is 1. The Bertz CT molecular complexity index is 1790. The Morgan fingerprint density at radius 3 is 2.51 bits per heavy atom. The van der Waals surface area contributed by atoms with Crippen LogP contribution in [-0.4, -0.2) is 23.2 Å². The van der Waals surface area contributed by atoms with Crippen LogP contribution in [0.5, 0.6) is 11.5 Å². The fourth-order valence-corrected chi connectivity index (χ4v) is 6.20. The molecule has 0 unspecified atom stereocenters. The van der Waals surface area contributed by atoms with Crippen LogP contribution in [0.2, 0.25) is 0 Å². The number of nitrogens with zero attached hydrogens (tertiary/aromatic N) is 2. The summed E-state index contributed by atoms with van der Waals surface area (Å²) in [6, 6.07) is 21.8. The molecule has 1 N–H and O–H groups in total. The van der Waals surface area contributed by atoms with E-state index < -0.39 is 6.04 Å². The van der Waals surface area contributed by atoms with Gasteiger partial charge in [-0.15, -0.1) is 0 Å². The molecule has 1 aliphatic heterocycles. The SMILES string of the molecule is CCOc1ccc([C@H]2C(C(=O)Nc3ccccc3)=C(C)N=c3s/c(=C\c4ccc(OC(C)C)c(Br)c4)c(=O)n32)cc1. The quantitative estimate of drug-likeness (QED) is 0.266. The zero-order valence-electron chi connectivity index (χ0n) is 23.2. The number of hydrogen-bond donors (Lipinski definition) is 1. The number of allylic oxidation sites excluding steroid dienone is 1. The van der Waals surface area contributed by atoms with Crippen molar-refractivity contribution in [2.45, 2.75) is 39.8 Å². The molecule has 1 atom stereocenters. The number of thiazole rings is 1. The van der Waals surface area contributed by atoms with Crippen LogP contribution in [0.1, 0.15) is 44.9 Å². The minimum absolute atomic E-state index is 0.0416. The predicted octanol–water partition coefficient (Wildman–Crippen LogP) is 5.82. The highest BCUT2D eigenvalue weighted by Crippen LogP contribution is 2.32. The molecule has 0 bridgehead atoms. The molecule has 1 aromatic heterocycles. The van der Waals surface area contributed by atoms with Crippen molar-refractivity contribution in [3.8, 4) is 11.5 Å². The first kappa shape index (κ1) is 28.6. The zero-order chi connectivity index (χ0) is 29.1. The summed E-state index contributed by atoms with van der Waals surface area (Å²) in [5, 5.41) is 2.98. The van der Waals surface area contributed by atoms with Crippen LogP contribution >= 0.6 is 27.3 Å². The van der Waals surface area contributed by atoms with Gasteiger partial charge in [0.25, 0.3) is 11.5 Å². The Morgan fingerprint density at radius 1 is 1.12 bits per heavy atom. The number of ether oxygens (including phenoxy) is 2. The number of para-hydroxylation sites is 1. The van der Waals surface area contributed by atoms with Crippen molar-refractivity contribution >= 4 is 44.9 Å². The van der Waals surface area contributed by atoms with Crippen molar-refractivity contribution in [3.05, 3.63) is 119 Å². The topological polar surface area (TPSA) is 81.9 Å². The normalized spacial score (nSPS) is 15.0. The number of carbonyl (C=O) groups excluding carboxylic acids is 1. The lowest BCUT2D eigenvalue weighted by atomic mass is 9.95. The van der Waals surface area contributed by atoms with Crippen LogP contribution in [-0.2, 0) is 4.79 Å². The van der Waals surface area contributed by atoms with Crippen molar-refractivity contribution in [1.29, 1.82) is 0 Å². The summed E-state index contributed by atoms with van der Waals surface area (Å²) in [5.74, 6) is 1.14. The molecule has 7 nitrogen and oxygen atoms in total. The number of anilines is 1. The Balaban J connectivity index is 1.62. The second kappa shape index (κ2) is 12.3. The molecule has 0 saturated heterocycles. The van der Waals surface area contributed by atoms with E-state index in [1.807, 2.05) is 107 Å². The summed E-state index contributed by atoms with van der Waals surface area (Å²) >= 11 is 4.88. The van der Waals surface area contributed by atoms with Crippen molar-refractivity contribution in [2.75, 3.05) is 11.9 Å². The lowest BCUT2D eigenvalue weighted by Gasteiger charge is -2.25. The maximum atomic E-state index is 14.0. The zero-order valence-corrected chi connectivity index (χ0v) is 25.6. The molecular weight excluding hydrogens is 602 g/mol. The highest BCUT2D eigenvalue weighted by molar-refractivity contribution is 9.10. The van der Waals surface area contributed by atoms with Crippen LogP contribution in [0.3, 0.4) is 0 Å². The highest BCUT2D eigenvalue weighted by atomic mass is 79.9. The molecule has 4 aromatic rings. The molecule has 0 aliphatic carbocycles.